The lowest BCUT2D eigenvalue weighted by atomic mass is 9.94. The number of likely N-dealkylation sites (N-methyl/N-ethyl adjacent to an activating group) is 1. The van der Waals surface area contributed by atoms with E-state index in [1.807, 2.05) is 0 Å². The predicted molar refractivity (Wildman–Crippen MR) is 46.3 cm³/mol. The number of hydrogen-bond donors (Lipinski definition) is 4. The largest absolute Gasteiger partial charge is 0.394 e. The van der Waals surface area contributed by atoms with Crippen molar-refractivity contribution in [2.24, 2.45) is 0 Å². The van der Waals surface area contributed by atoms with Crippen LogP contribution in [-0.4, -0.2) is 59.4 Å². The van der Waals surface area contributed by atoms with Crippen LogP contribution in [0.2, 0.25) is 0 Å². The molecule has 5 unspecified atom stereocenters. The maximum absolute atomic E-state index is 9.61. The summed E-state index contributed by atoms with van der Waals surface area (Å²) >= 11 is 0. The third-order valence-corrected chi connectivity index (χ3v) is 2.51. The van der Waals surface area contributed by atoms with Gasteiger partial charge in [-0.05, 0) is 14.0 Å². The van der Waals surface area contributed by atoms with Crippen LogP contribution in [0.4, 0.5) is 0 Å². The highest BCUT2D eigenvalue weighted by molar-refractivity contribution is 4.93. The van der Waals surface area contributed by atoms with Crippen molar-refractivity contribution in [3.05, 3.63) is 0 Å². The highest BCUT2D eigenvalue weighted by Gasteiger charge is 2.41. The first kappa shape index (κ1) is 10.9. The van der Waals surface area contributed by atoms with Gasteiger partial charge < -0.3 is 25.4 Å². The molecule has 1 fully saturated rings. The van der Waals surface area contributed by atoms with Crippen LogP contribution >= 0.6 is 0 Å². The van der Waals surface area contributed by atoms with Crippen LogP contribution in [-0.2, 0) is 4.74 Å². The molecule has 0 radical (unpaired) electrons. The van der Waals surface area contributed by atoms with Gasteiger partial charge in [-0.25, -0.2) is 0 Å². The summed E-state index contributed by atoms with van der Waals surface area (Å²) in [6.07, 6.45) is -2.83. The van der Waals surface area contributed by atoms with Gasteiger partial charge >= 0.3 is 0 Å². The standard InChI is InChI=1S/C8H17NO4/c1-4-6(9-2)8(12)7(11)5(3-10)13-4/h4-12H,3H2,1-2H3. The minimum atomic E-state index is -1.03. The third kappa shape index (κ3) is 2.00. The zero-order valence-corrected chi connectivity index (χ0v) is 7.84. The molecule has 78 valence electrons. The van der Waals surface area contributed by atoms with Crippen LogP contribution in [0.15, 0.2) is 0 Å². The van der Waals surface area contributed by atoms with Crippen molar-refractivity contribution in [3.8, 4) is 0 Å². The number of hydrogen-bond acceptors (Lipinski definition) is 5. The zero-order valence-electron chi connectivity index (χ0n) is 7.84. The zero-order chi connectivity index (χ0) is 10.0. The molecule has 4 N–H and O–H groups in total. The van der Waals surface area contributed by atoms with Crippen molar-refractivity contribution in [3.63, 3.8) is 0 Å². The van der Waals surface area contributed by atoms with E-state index >= 15 is 0 Å². The Morgan fingerprint density at radius 3 is 2.38 bits per heavy atom. The molecular formula is C8H17NO4. The molecule has 5 nitrogen and oxygen atoms in total. The minimum absolute atomic E-state index is 0.222. The summed E-state index contributed by atoms with van der Waals surface area (Å²) in [6.45, 7) is 1.51. The topological polar surface area (TPSA) is 82.0 Å². The van der Waals surface area contributed by atoms with E-state index in [-0.39, 0.29) is 18.8 Å². The molecule has 1 aliphatic rings. The van der Waals surface area contributed by atoms with Crippen molar-refractivity contribution < 1.29 is 20.1 Å². The summed E-state index contributed by atoms with van der Waals surface area (Å²) < 4.78 is 5.30. The van der Waals surface area contributed by atoms with Gasteiger partial charge in [-0.1, -0.05) is 0 Å². The third-order valence-electron chi connectivity index (χ3n) is 2.51. The molecule has 0 aromatic carbocycles. The number of rotatable bonds is 2. The molecule has 0 saturated carbocycles. The van der Waals surface area contributed by atoms with E-state index in [1.165, 1.54) is 0 Å². The second kappa shape index (κ2) is 4.34. The molecule has 0 aromatic rings. The predicted octanol–water partition coefficient (Wildman–Crippen LogP) is -1.92. The van der Waals surface area contributed by atoms with Gasteiger partial charge in [-0.15, -0.1) is 0 Å². The van der Waals surface area contributed by atoms with E-state index in [4.69, 9.17) is 9.84 Å². The van der Waals surface area contributed by atoms with Crippen LogP contribution in [0.3, 0.4) is 0 Å². The molecule has 1 saturated heterocycles. The molecule has 5 heteroatoms. The molecule has 1 heterocycles. The maximum Gasteiger partial charge on any atom is 0.110 e. The molecular weight excluding hydrogens is 174 g/mol. The van der Waals surface area contributed by atoms with E-state index in [0.717, 1.165) is 0 Å². The van der Waals surface area contributed by atoms with Crippen molar-refractivity contribution >= 4 is 0 Å². The Hall–Kier alpha value is -0.200. The number of aliphatic hydroxyl groups is 3. The summed E-state index contributed by atoms with van der Waals surface area (Å²) in [6, 6.07) is -0.294. The fourth-order valence-corrected chi connectivity index (χ4v) is 1.71. The number of aliphatic hydroxyl groups excluding tert-OH is 3. The molecule has 0 amide bonds. The van der Waals surface area contributed by atoms with Crippen LogP contribution in [0, 0.1) is 0 Å². The summed E-state index contributed by atoms with van der Waals surface area (Å²) in [5.41, 5.74) is 0. The van der Waals surface area contributed by atoms with Gasteiger partial charge in [0.2, 0.25) is 0 Å². The molecule has 0 spiro atoms. The van der Waals surface area contributed by atoms with Gasteiger partial charge in [0.25, 0.3) is 0 Å². The second-order valence-corrected chi connectivity index (χ2v) is 3.36. The average Bonchev–Trinajstić information content (AvgIpc) is 2.12. The lowest BCUT2D eigenvalue weighted by Gasteiger charge is -2.41. The first-order valence-electron chi connectivity index (χ1n) is 4.41. The van der Waals surface area contributed by atoms with Crippen LogP contribution in [0.25, 0.3) is 0 Å². The van der Waals surface area contributed by atoms with Crippen molar-refractivity contribution in [1.82, 2.24) is 5.32 Å². The molecule has 0 aliphatic carbocycles. The Bertz CT molecular complexity index is 166. The molecule has 13 heavy (non-hydrogen) atoms. The Morgan fingerprint density at radius 2 is 1.92 bits per heavy atom. The van der Waals surface area contributed by atoms with E-state index in [0.29, 0.717) is 0 Å². The molecule has 0 aromatic heterocycles. The first-order chi connectivity index (χ1) is 6.11. The maximum atomic E-state index is 9.61. The van der Waals surface area contributed by atoms with Crippen LogP contribution in [0.5, 0.6) is 0 Å². The Labute approximate surface area is 77.3 Å². The van der Waals surface area contributed by atoms with Crippen molar-refractivity contribution in [2.45, 2.75) is 37.4 Å². The molecule has 5 atom stereocenters. The Kier molecular flexibility index (Phi) is 3.63. The van der Waals surface area contributed by atoms with Gasteiger partial charge in [0.1, 0.15) is 18.3 Å². The van der Waals surface area contributed by atoms with Crippen molar-refractivity contribution in [2.75, 3.05) is 13.7 Å². The number of nitrogens with one attached hydrogen (secondary N) is 1. The van der Waals surface area contributed by atoms with E-state index in [1.54, 1.807) is 14.0 Å². The molecule has 0 bridgehead atoms. The van der Waals surface area contributed by atoms with E-state index in [9.17, 15) is 10.2 Å². The highest BCUT2D eigenvalue weighted by Crippen LogP contribution is 2.20. The monoisotopic (exact) mass is 191 g/mol. The van der Waals surface area contributed by atoms with Gasteiger partial charge in [0.05, 0.1) is 18.8 Å². The summed E-state index contributed by atoms with van der Waals surface area (Å²) in [5, 5.41) is 30.8. The van der Waals surface area contributed by atoms with Crippen molar-refractivity contribution in [1.29, 1.82) is 0 Å². The average molecular weight is 191 g/mol. The summed E-state index contributed by atoms with van der Waals surface area (Å²) in [4.78, 5) is 0. The SMILES string of the molecule is CNC1C(C)OC(CO)C(O)C1O. The van der Waals surface area contributed by atoms with Gasteiger partial charge in [-0.3, -0.25) is 0 Å². The lowest BCUT2D eigenvalue weighted by Crippen LogP contribution is -2.61. The molecule has 1 aliphatic heterocycles. The quantitative estimate of drug-likeness (QED) is 0.409. The minimum Gasteiger partial charge on any atom is -0.394 e. The van der Waals surface area contributed by atoms with Crippen LogP contribution < -0.4 is 5.32 Å². The van der Waals surface area contributed by atoms with Gasteiger partial charge in [-0.2, -0.15) is 0 Å². The van der Waals surface area contributed by atoms with Crippen LogP contribution in [0.1, 0.15) is 6.92 Å². The van der Waals surface area contributed by atoms with Gasteiger partial charge in [0, 0.05) is 0 Å². The summed E-state index contributed by atoms with van der Waals surface area (Å²) in [5.74, 6) is 0. The fraction of sp³-hybridized carbons (Fsp3) is 1.00. The Morgan fingerprint density at radius 1 is 1.31 bits per heavy atom. The second-order valence-electron chi connectivity index (χ2n) is 3.36. The fourth-order valence-electron chi connectivity index (χ4n) is 1.71. The molecule has 1 rings (SSSR count). The van der Waals surface area contributed by atoms with Gasteiger partial charge in [0.15, 0.2) is 0 Å². The Balaban J connectivity index is 2.66. The summed E-state index contributed by atoms with van der Waals surface area (Å²) in [7, 11) is 1.69. The van der Waals surface area contributed by atoms with E-state index < -0.39 is 18.3 Å². The highest BCUT2D eigenvalue weighted by atomic mass is 16.5. The lowest BCUT2D eigenvalue weighted by molar-refractivity contribution is -0.188. The van der Waals surface area contributed by atoms with E-state index in [2.05, 4.69) is 5.32 Å². The smallest absolute Gasteiger partial charge is 0.110 e. The normalized spacial score (nSPS) is 46.4. The first-order valence-corrected chi connectivity index (χ1v) is 4.41. The number of ether oxygens (including phenoxy) is 1.